The van der Waals surface area contributed by atoms with Gasteiger partial charge in [-0.2, -0.15) is 0 Å². The Bertz CT molecular complexity index is 540. The van der Waals surface area contributed by atoms with Crippen molar-refractivity contribution in [1.82, 2.24) is 0 Å². The third-order valence-electron chi connectivity index (χ3n) is 3.02. The van der Waals surface area contributed by atoms with Crippen molar-refractivity contribution in [3.05, 3.63) is 77.6 Å². The molecule has 0 bridgehead atoms. The fourth-order valence-electron chi connectivity index (χ4n) is 2.13. The van der Waals surface area contributed by atoms with Gasteiger partial charge in [-0.15, -0.1) is 0 Å². The van der Waals surface area contributed by atoms with E-state index in [0.717, 1.165) is 24.4 Å². The van der Waals surface area contributed by atoms with Gasteiger partial charge in [-0.1, -0.05) is 42.5 Å². The molecule has 0 atom stereocenters. The van der Waals surface area contributed by atoms with Crippen LogP contribution in [0.4, 0.5) is 0 Å². The normalized spacial score (nSPS) is 13.8. The van der Waals surface area contributed by atoms with Crippen LogP contribution in [0.1, 0.15) is 11.1 Å². The van der Waals surface area contributed by atoms with Crippen LogP contribution >= 0.6 is 0 Å². The highest BCUT2D eigenvalue weighted by Crippen LogP contribution is 2.23. The molecule has 0 saturated heterocycles. The van der Waals surface area contributed by atoms with E-state index in [2.05, 4.69) is 30.3 Å². The first-order valence-corrected chi connectivity index (χ1v) is 5.90. The SMILES string of the molecule is C1=C(Oc2ccccc2)Cc2ccccc2C1. The van der Waals surface area contributed by atoms with Crippen LogP contribution in [0.2, 0.25) is 0 Å². The molecule has 1 nitrogen and oxygen atoms in total. The van der Waals surface area contributed by atoms with E-state index in [9.17, 15) is 0 Å². The van der Waals surface area contributed by atoms with Gasteiger partial charge in [0.25, 0.3) is 0 Å². The van der Waals surface area contributed by atoms with Gasteiger partial charge < -0.3 is 4.74 Å². The highest BCUT2D eigenvalue weighted by atomic mass is 16.5. The Morgan fingerprint density at radius 3 is 2.29 bits per heavy atom. The summed E-state index contributed by atoms with van der Waals surface area (Å²) in [5, 5.41) is 0. The minimum atomic E-state index is 0.894. The highest BCUT2D eigenvalue weighted by molar-refractivity contribution is 5.36. The predicted octanol–water partition coefficient (Wildman–Crippen LogP) is 3.75. The molecule has 0 amide bonds. The third kappa shape index (κ3) is 2.23. The molecule has 0 heterocycles. The first kappa shape index (κ1) is 10.2. The molecule has 1 aliphatic rings. The molecule has 1 heteroatoms. The Labute approximate surface area is 101 Å². The molecule has 17 heavy (non-hydrogen) atoms. The number of benzene rings is 2. The lowest BCUT2D eigenvalue weighted by Gasteiger charge is -2.17. The Morgan fingerprint density at radius 1 is 0.765 bits per heavy atom. The van der Waals surface area contributed by atoms with Crippen LogP contribution < -0.4 is 4.74 Å². The van der Waals surface area contributed by atoms with E-state index in [4.69, 9.17) is 4.74 Å². The predicted molar refractivity (Wildman–Crippen MR) is 69.0 cm³/mol. The minimum absolute atomic E-state index is 0.894. The number of hydrogen-bond acceptors (Lipinski definition) is 1. The molecule has 0 saturated carbocycles. The van der Waals surface area contributed by atoms with Crippen molar-refractivity contribution in [2.24, 2.45) is 0 Å². The van der Waals surface area contributed by atoms with Crippen molar-refractivity contribution in [3.63, 3.8) is 0 Å². The fraction of sp³-hybridized carbons (Fsp3) is 0.125. The number of rotatable bonds is 2. The summed E-state index contributed by atoms with van der Waals surface area (Å²) < 4.78 is 5.87. The molecule has 84 valence electrons. The first-order valence-electron chi connectivity index (χ1n) is 5.90. The molecule has 0 spiro atoms. The van der Waals surface area contributed by atoms with Crippen molar-refractivity contribution < 1.29 is 4.74 Å². The van der Waals surface area contributed by atoms with E-state index in [0.29, 0.717) is 0 Å². The van der Waals surface area contributed by atoms with E-state index in [1.165, 1.54) is 11.1 Å². The Hall–Kier alpha value is -2.02. The number of allylic oxidation sites excluding steroid dienone is 2. The zero-order chi connectivity index (χ0) is 11.5. The maximum Gasteiger partial charge on any atom is 0.126 e. The number of hydrogen-bond donors (Lipinski definition) is 0. The topological polar surface area (TPSA) is 9.23 Å². The van der Waals surface area contributed by atoms with Crippen LogP contribution in [0.25, 0.3) is 0 Å². The van der Waals surface area contributed by atoms with Crippen molar-refractivity contribution in [2.75, 3.05) is 0 Å². The molecule has 0 radical (unpaired) electrons. The summed E-state index contributed by atoms with van der Waals surface area (Å²) in [5.74, 6) is 1.97. The summed E-state index contributed by atoms with van der Waals surface area (Å²) in [6, 6.07) is 18.5. The Kier molecular flexibility index (Phi) is 2.66. The molecule has 0 unspecified atom stereocenters. The van der Waals surface area contributed by atoms with E-state index >= 15 is 0 Å². The molecular formula is C16H14O. The lowest BCUT2D eigenvalue weighted by Crippen LogP contribution is -2.07. The van der Waals surface area contributed by atoms with E-state index < -0.39 is 0 Å². The van der Waals surface area contributed by atoms with Gasteiger partial charge in [0.1, 0.15) is 11.5 Å². The molecule has 0 fully saturated rings. The number of fused-ring (bicyclic) bond motifs is 1. The van der Waals surface area contributed by atoms with Gasteiger partial charge in [-0.3, -0.25) is 0 Å². The number of para-hydroxylation sites is 1. The second kappa shape index (κ2) is 4.46. The smallest absolute Gasteiger partial charge is 0.126 e. The molecule has 0 aromatic heterocycles. The molecule has 0 N–H and O–H groups in total. The summed E-state index contributed by atoms with van der Waals surface area (Å²) >= 11 is 0. The highest BCUT2D eigenvalue weighted by Gasteiger charge is 2.11. The average molecular weight is 222 g/mol. The largest absolute Gasteiger partial charge is 0.462 e. The molecule has 0 aliphatic heterocycles. The van der Waals surface area contributed by atoms with E-state index in [1.807, 2.05) is 30.3 Å². The molecular weight excluding hydrogens is 208 g/mol. The third-order valence-corrected chi connectivity index (χ3v) is 3.02. The number of ether oxygens (including phenoxy) is 1. The first-order chi connectivity index (χ1) is 8.42. The van der Waals surface area contributed by atoms with Gasteiger partial charge in [-0.25, -0.2) is 0 Å². The van der Waals surface area contributed by atoms with Crippen LogP contribution in [-0.4, -0.2) is 0 Å². The zero-order valence-electron chi connectivity index (χ0n) is 9.60. The molecule has 2 aromatic rings. The molecule has 1 aliphatic carbocycles. The van der Waals surface area contributed by atoms with Gasteiger partial charge in [0.05, 0.1) is 0 Å². The van der Waals surface area contributed by atoms with Gasteiger partial charge in [0.2, 0.25) is 0 Å². The summed E-state index contributed by atoms with van der Waals surface area (Å²) in [5.41, 5.74) is 2.79. The van der Waals surface area contributed by atoms with Crippen molar-refractivity contribution >= 4 is 0 Å². The second-order valence-electron chi connectivity index (χ2n) is 4.24. The molecule has 2 aromatic carbocycles. The van der Waals surface area contributed by atoms with E-state index in [1.54, 1.807) is 0 Å². The minimum Gasteiger partial charge on any atom is -0.462 e. The lowest BCUT2D eigenvalue weighted by molar-refractivity contribution is 0.408. The average Bonchev–Trinajstić information content (AvgIpc) is 2.40. The van der Waals surface area contributed by atoms with Crippen LogP contribution in [0.3, 0.4) is 0 Å². The van der Waals surface area contributed by atoms with Gasteiger partial charge in [0.15, 0.2) is 0 Å². The quantitative estimate of drug-likeness (QED) is 0.752. The van der Waals surface area contributed by atoms with Gasteiger partial charge >= 0.3 is 0 Å². The maximum atomic E-state index is 5.87. The zero-order valence-corrected chi connectivity index (χ0v) is 9.60. The van der Waals surface area contributed by atoms with Gasteiger partial charge in [-0.05, 0) is 35.8 Å². The standard InChI is InChI=1S/C16H14O/c1-2-8-15(9-3-1)17-16-11-10-13-6-4-5-7-14(13)12-16/h1-9,11H,10,12H2. The lowest BCUT2D eigenvalue weighted by atomic mass is 9.96. The van der Waals surface area contributed by atoms with E-state index in [-0.39, 0.29) is 0 Å². The van der Waals surface area contributed by atoms with Crippen LogP contribution in [0.15, 0.2) is 66.4 Å². The fourth-order valence-corrected chi connectivity index (χ4v) is 2.13. The Balaban J connectivity index is 1.78. The van der Waals surface area contributed by atoms with Crippen LogP contribution in [0.5, 0.6) is 5.75 Å². The summed E-state index contributed by atoms with van der Waals surface area (Å²) in [7, 11) is 0. The van der Waals surface area contributed by atoms with Gasteiger partial charge in [0, 0.05) is 6.42 Å². The van der Waals surface area contributed by atoms with Crippen LogP contribution in [-0.2, 0) is 12.8 Å². The van der Waals surface area contributed by atoms with Crippen LogP contribution in [0, 0.1) is 0 Å². The Morgan fingerprint density at radius 2 is 1.47 bits per heavy atom. The molecule has 3 rings (SSSR count). The summed E-state index contributed by atoms with van der Waals surface area (Å²) in [6.07, 6.45) is 4.04. The second-order valence-corrected chi connectivity index (χ2v) is 4.24. The van der Waals surface area contributed by atoms with Crippen molar-refractivity contribution in [2.45, 2.75) is 12.8 Å². The van der Waals surface area contributed by atoms with Crippen molar-refractivity contribution in [3.8, 4) is 5.75 Å². The monoisotopic (exact) mass is 222 g/mol. The summed E-state index contributed by atoms with van der Waals surface area (Å²) in [4.78, 5) is 0. The maximum absolute atomic E-state index is 5.87. The van der Waals surface area contributed by atoms with Crippen molar-refractivity contribution in [1.29, 1.82) is 0 Å². The summed E-state index contributed by atoms with van der Waals surface area (Å²) in [6.45, 7) is 0.